The van der Waals surface area contributed by atoms with Crippen LogP contribution in [0.2, 0.25) is 0 Å². The van der Waals surface area contributed by atoms with E-state index in [1.165, 1.54) is 31.4 Å². The number of carboxylic acid groups (broad SMARTS) is 1. The molecule has 0 saturated heterocycles. The van der Waals surface area contributed by atoms with Crippen molar-refractivity contribution in [2.75, 3.05) is 12.9 Å². The van der Waals surface area contributed by atoms with Crippen LogP contribution in [-0.2, 0) is 14.3 Å². The number of methoxy groups -OCH3 is 1. The molecule has 1 rings (SSSR count). The maximum atomic E-state index is 11.3. The van der Waals surface area contributed by atoms with Gasteiger partial charge in [-0.15, -0.1) is 11.8 Å². The lowest BCUT2D eigenvalue weighted by atomic mass is 10.1. The Labute approximate surface area is 124 Å². The number of carbonyl (C=O) groups is 2. The maximum Gasteiger partial charge on any atom is 0.323 e. The SMILES string of the molecule is COC(=O)[C@@H](N)CSC(C(=O)O)c1ccccc1[N+](=O)[O-]. The predicted octanol–water partition coefficient (Wildman–Crippen LogP) is 0.954. The zero-order valence-electron chi connectivity index (χ0n) is 11.1. The molecule has 0 spiro atoms. The second kappa shape index (κ2) is 7.60. The molecule has 1 aromatic carbocycles. The van der Waals surface area contributed by atoms with Crippen LogP contribution in [0, 0.1) is 10.1 Å². The van der Waals surface area contributed by atoms with Gasteiger partial charge in [-0.1, -0.05) is 18.2 Å². The van der Waals surface area contributed by atoms with Gasteiger partial charge in [-0.3, -0.25) is 19.7 Å². The topological polar surface area (TPSA) is 133 Å². The Kier molecular flexibility index (Phi) is 6.12. The number of nitro benzene ring substituents is 1. The lowest BCUT2D eigenvalue weighted by Crippen LogP contribution is -2.34. The number of esters is 1. The third-order valence-electron chi connectivity index (χ3n) is 2.59. The quantitative estimate of drug-likeness (QED) is 0.432. The fourth-order valence-corrected chi connectivity index (χ4v) is 2.65. The first kappa shape index (κ1) is 16.9. The van der Waals surface area contributed by atoms with E-state index >= 15 is 0 Å². The van der Waals surface area contributed by atoms with Crippen LogP contribution < -0.4 is 5.73 Å². The molecule has 0 amide bonds. The maximum absolute atomic E-state index is 11.3. The Bertz CT molecular complexity index is 550. The van der Waals surface area contributed by atoms with Crippen molar-refractivity contribution >= 4 is 29.4 Å². The molecule has 0 aromatic heterocycles. The molecule has 0 aliphatic heterocycles. The van der Waals surface area contributed by atoms with E-state index in [-0.39, 0.29) is 17.0 Å². The molecule has 1 aromatic rings. The number of carboxylic acids is 1. The number of benzene rings is 1. The average molecular weight is 314 g/mol. The number of nitro groups is 1. The van der Waals surface area contributed by atoms with E-state index < -0.39 is 28.2 Å². The number of hydrogen-bond acceptors (Lipinski definition) is 7. The second-order valence-electron chi connectivity index (χ2n) is 4.00. The highest BCUT2D eigenvalue weighted by atomic mass is 32.2. The molecule has 8 nitrogen and oxygen atoms in total. The summed E-state index contributed by atoms with van der Waals surface area (Å²) in [5.41, 5.74) is 5.29. The fourth-order valence-electron chi connectivity index (χ4n) is 1.59. The van der Waals surface area contributed by atoms with Crippen LogP contribution in [0.3, 0.4) is 0 Å². The summed E-state index contributed by atoms with van der Waals surface area (Å²) in [7, 11) is 1.17. The largest absolute Gasteiger partial charge is 0.480 e. The van der Waals surface area contributed by atoms with Gasteiger partial charge in [-0.25, -0.2) is 0 Å². The molecular formula is C12H14N2O6S. The van der Waals surface area contributed by atoms with Crippen LogP contribution in [0.1, 0.15) is 10.8 Å². The molecular weight excluding hydrogens is 300 g/mol. The van der Waals surface area contributed by atoms with Crippen molar-refractivity contribution in [2.45, 2.75) is 11.3 Å². The Morgan fingerprint density at radius 2 is 2.10 bits per heavy atom. The lowest BCUT2D eigenvalue weighted by Gasteiger charge is -2.15. The Morgan fingerprint density at radius 3 is 2.62 bits per heavy atom. The van der Waals surface area contributed by atoms with E-state index in [0.29, 0.717) is 0 Å². The first-order valence-electron chi connectivity index (χ1n) is 5.79. The van der Waals surface area contributed by atoms with Gasteiger partial charge in [0.1, 0.15) is 11.3 Å². The minimum absolute atomic E-state index is 0.0321. The van der Waals surface area contributed by atoms with Crippen LogP contribution in [0.5, 0.6) is 0 Å². The van der Waals surface area contributed by atoms with Gasteiger partial charge in [-0.05, 0) is 0 Å². The first-order valence-corrected chi connectivity index (χ1v) is 6.84. The Morgan fingerprint density at radius 1 is 1.48 bits per heavy atom. The lowest BCUT2D eigenvalue weighted by molar-refractivity contribution is -0.385. The predicted molar refractivity (Wildman–Crippen MR) is 75.9 cm³/mol. The van der Waals surface area contributed by atoms with E-state index in [2.05, 4.69) is 4.74 Å². The first-order chi connectivity index (χ1) is 9.88. The molecule has 3 N–H and O–H groups in total. The summed E-state index contributed by atoms with van der Waals surface area (Å²) in [6.45, 7) is 0. The molecule has 114 valence electrons. The molecule has 21 heavy (non-hydrogen) atoms. The molecule has 0 bridgehead atoms. The number of hydrogen-bond donors (Lipinski definition) is 2. The van der Waals surface area contributed by atoms with Gasteiger partial charge in [0.25, 0.3) is 5.69 Å². The molecule has 0 saturated carbocycles. The van der Waals surface area contributed by atoms with Gasteiger partial charge < -0.3 is 15.6 Å². The fraction of sp³-hybridized carbons (Fsp3) is 0.333. The molecule has 9 heteroatoms. The summed E-state index contributed by atoms with van der Waals surface area (Å²) in [6.07, 6.45) is 0. The third kappa shape index (κ3) is 4.43. The Balaban J connectivity index is 2.96. The van der Waals surface area contributed by atoms with E-state index in [9.17, 15) is 24.8 Å². The number of carbonyl (C=O) groups excluding carboxylic acids is 1. The number of nitrogens with two attached hydrogens (primary N) is 1. The van der Waals surface area contributed by atoms with Gasteiger partial charge in [0, 0.05) is 11.8 Å². The van der Waals surface area contributed by atoms with E-state index in [4.69, 9.17) is 5.73 Å². The molecule has 0 radical (unpaired) electrons. The minimum Gasteiger partial charge on any atom is -0.480 e. The second-order valence-corrected chi connectivity index (χ2v) is 5.14. The van der Waals surface area contributed by atoms with Gasteiger partial charge in [0.2, 0.25) is 0 Å². The summed E-state index contributed by atoms with van der Waals surface area (Å²) in [5.74, 6) is -1.95. The number of thioether (sulfide) groups is 1. The molecule has 1 unspecified atom stereocenters. The zero-order valence-corrected chi connectivity index (χ0v) is 11.9. The number of rotatable bonds is 7. The van der Waals surface area contributed by atoms with Gasteiger partial charge in [0.05, 0.1) is 17.6 Å². The van der Waals surface area contributed by atoms with Crippen molar-refractivity contribution in [1.29, 1.82) is 0 Å². The minimum atomic E-state index is -1.24. The van der Waals surface area contributed by atoms with Crippen LogP contribution in [-0.4, -0.2) is 40.9 Å². The van der Waals surface area contributed by atoms with Crippen molar-refractivity contribution in [3.8, 4) is 0 Å². The summed E-state index contributed by atoms with van der Waals surface area (Å²) in [5, 5.41) is 19.0. The average Bonchev–Trinajstić information content (AvgIpc) is 2.46. The van der Waals surface area contributed by atoms with Crippen molar-refractivity contribution in [3.05, 3.63) is 39.9 Å². The van der Waals surface area contributed by atoms with Gasteiger partial charge >= 0.3 is 11.9 Å². The standard InChI is InChI=1S/C12H14N2O6S/c1-20-12(17)8(13)6-21-10(11(15)16)7-4-2-3-5-9(7)14(18)19/h2-5,8,10H,6,13H2,1H3,(H,15,16)/t8-,10?/m0/s1. The molecule has 2 atom stereocenters. The highest BCUT2D eigenvalue weighted by Gasteiger charge is 2.29. The number of aliphatic carboxylic acids is 1. The molecule has 0 heterocycles. The summed E-state index contributed by atoms with van der Waals surface area (Å²) < 4.78 is 4.44. The smallest absolute Gasteiger partial charge is 0.323 e. The van der Waals surface area contributed by atoms with E-state index in [1.54, 1.807) is 0 Å². The van der Waals surface area contributed by atoms with Crippen molar-refractivity contribution in [2.24, 2.45) is 5.73 Å². The normalized spacial score (nSPS) is 13.2. The summed E-state index contributed by atoms with van der Waals surface area (Å²) >= 11 is 0.836. The molecule has 0 aliphatic rings. The zero-order chi connectivity index (χ0) is 16.0. The van der Waals surface area contributed by atoms with Crippen LogP contribution in [0.25, 0.3) is 0 Å². The van der Waals surface area contributed by atoms with Crippen molar-refractivity contribution < 1.29 is 24.4 Å². The number of nitrogens with zero attached hydrogens (tertiary/aromatic N) is 1. The Hall–Kier alpha value is -2.13. The number of ether oxygens (including phenoxy) is 1. The monoisotopic (exact) mass is 314 g/mol. The molecule has 0 aliphatic carbocycles. The van der Waals surface area contributed by atoms with Gasteiger partial charge in [0.15, 0.2) is 0 Å². The van der Waals surface area contributed by atoms with E-state index in [0.717, 1.165) is 11.8 Å². The summed E-state index contributed by atoms with van der Waals surface area (Å²) in [6, 6.07) is 4.56. The van der Waals surface area contributed by atoms with Crippen LogP contribution >= 0.6 is 11.8 Å². The van der Waals surface area contributed by atoms with Crippen molar-refractivity contribution in [3.63, 3.8) is 0 Å². The number of para-hydroxylation sites is 1. The summed E-state index contributed by atoms with van der Waals surface area (Å²) in [4.78, 5) is 32.8. The van der Waals surface area contributed by atoms with Crippen LogP contribution in [0.4, 0.5) is 5.69 Å². The van der Waals surface area contributed by atoms with Crippen LogP contribution in [0.15, 0.2) is 24.3 Å². The van der Waals surface area contributed by atoms with E-state index in [1.807, 2.05) is 0 Å². The third-order valence-corrected chi connectivity index (χ3v) is 3.93. The molecule has 0 fully saturated rings. The van der Waals surface area contributed by atoms with Gasteiger partial charge in [-0.2, -0.15) is 0 Å². The highest BCUT2D eigenvalue weighted by Crippen LogP contribution is 2.35. The van der Waals surface area contributed by atoms with Crippen molar-refractivity contribution in [1.82, 2.24) is 0 Å². The highest BCUT2D eigenvalue weighted by molar-refractivity contribution is 8.00.